The molecule has 1 unspecified atom stereocenters. The second kappa shape index (κ2) is 7.36. The summed E-state index contributed by atoms with van der Waals surface area (Å²) >= 11 is 1.67. The van der Waals surface area contributed by atoms with Crippen molar-refractivity contribution in [1.82, 2.24) is 14.8 Å². The first-order valence-electron chi connectivity index (χ1n) is 7.89. The van der Waals surface area contributed by atoms with Crippen LogP contribution in [0.3, 0.4) is 0 Å². The van der Waals surface area contributed by atoms with Crippen LogP contribution in [0.4, 0.5) is 0 Å². The molecule has 1 amide bonds. The molecule has 0 radical (unpaired) electrons. The van der Waals surface area contributed by atoms with Crippen molar-refractivity contribution in [3.63, 3.8) is 0 Å². The van der Waals surface area contributed by atoms with Gasteiger partial charge in [0, 0.05) is 18.1 Å². The van der Waals surface area contributed by atoms with Gasteiger partial charge in [0.2, 0.25) is 5.91 Å². The number of aryl methyl sites for hydroxylation is 1. The summed E-state index contributed by atoms with van der Waals surface area (Å²) in [5.41, 5.74) is 0. The molecule has 4 nitrogen and oxygen atoms in total. The molecule has 1 aliphatic rings. The number of nitrogens with zero attached hydrogens (tertiary/aromatic N) is 3. The molecule has 118 valence electrons. The lowest BCUT2D eigenvalue weighted by atomic mass is 9.98. The first-order valence-corrected chi connectivity index (χ1v) is 8.71. The maximum atomic E-state index is 12.9. The second-order valence-corrected chi connectivity index (χ2v) is 7.64. The number of hydrogen-bond acceptors (Lipinski definition) is 4. The van der Waals surface area contributed by atoms with E-state index in [4.69, 9.17) is 0 Å². The van der Waals surface area contributed by atoms with Crippen LogP contribution >= 0.6 is 11.3 Å². The molecule has 0 aliphatic carbocycles. The Labute approximate surface area is 132 Å². The van der Waals surface area contributed by atoms with Crippen molar-refractivity contribution in [1.29, 1.82) is 0 Å². The molecule has 0 N–H and O–H groups in total. The Morgan fingerprint density at radius 3 is 2.57 bits per heavy atom. The fourth-order valence-corrected chi connectivity index (χ4v) is 3.92. The van der Waals surface area contributed by atoms with Crippen LogP contribution in [0, 0.1) is 12.8 Å². The van der Waals surface area contributed by atoms with Crippen molar-refractivity contribution in [3.8, 4) is 0 Å². The predicted molar refractivity (Wildman–Crippen MR) is 87.4 cm³/mol. The van der Waals surface area contributed by atoms with Gasteiger partial charge in [-0.15, -0.1) is 11.3 Å². The molecule has 5 heteroatoms. The van der Waals surface area contributed by atoms with Gasteiger partial charge in [0.25, 0.3) is 0 Å². The third kappa shape index (κ3) is 4.27. The largest absolute Gasteiger partial charge is 0.339 e. The molecule has 1 saturated heterocycles. The topological polar surface area (TPSA) is 36.4 Å². The van der Waals surface area contributed by atoms with Gasteiger partial charge in [-0.25, -0.2) is 4.98 Å². The number of carbonyl (C=O) groups is 1. The number of likely N-dealkylation sites (tertiary alicyclic amines) is 1. The van der Waals surface area contributed by atoms with E-state index in [0.29, 0.717) is 12.5 Å². The molecule has 1 fully saturated rings. The zero-order valence-electron chi connectivity index (χ0n) is 13.6. The molecule has 1 aromatic heterocycles. The predicted octanol–water partition coefficient (Wildman–Crippen LogP) is 2.92. The van der Waals surface area contributed by atoms with Crippen molar-refractivity contribution in [2.45, 2.75) is 52.6 Å². The minimum atomic E-state index is 0.0179. The standard InChI is InChI=1S/C16H27N3OS/c1-12(2)15(19-8-6-5-7-9-19)16(20)18(4)11-14-10-17-13(3)21-14/h10,12,15H,5-9,11H2,1-4H3. The summed E-state index contributed by atoms with van der Waals surface area (Å²) in [6, 6.07) is 0.0179. The fraction of sp³-hybridized carbons (Fsp3) is 0.750. The van der Waals surface area contributed by atoms with E-state index in [-0.39, 0.29) is 11.9 Å². The fourth-order valence-electron chi connectivity index (χ4n) is 3.08. The Morgan fingerprint density at radius 2 is 2.05 bits per heavy atom. The van der Waals surface area contributed by atoms with E-state index in [0.717, 1.165) is 23.0 Å². The zero-order chi connectivity index (χ0) is 15.4. The summed E-state index contributed by atoms with van der Waals surface area (Å²) in [5.74, 6) is 0.596. The van der Waals surface area contributed by atoms with Gasteiger partial charge in [-0.05, 0) is 38.8 Å². The number of rotatable bonds is 5. The van der Waals surface area contributed by atoms with Crippen LogP contribution in [0.2, 0.25) is 0 Å². The van der Waals surface area contributed by atoms with E-state index in [9.17, 15) is 4.79 Å². The molecule has 0 saturated carbocycles. The van der Waals surface area contributed by atoms with Gasteiger partial charge in [-0.3, -0.25) is 9.69 Å². The molecule has 21 heavy (non-hydrogen) atoms. The normalized spacial score (nSPS) is 18.0. The Bertz CT molecular complexity index is 466. The van der Waals surface area contributed by atoms with Crippen LogP contribution in [0.1, 0.15) is 43.0 Å². The van der Waals surface area contributed by atoms with Gasteiger partial charge in [-0.2, -0.15) is 0 Å². The molecule has 0 spiro atoms. The SMILES string of the molecule is Cc1ncc(CN(C)C(=O)C(C(C)C)N2CCCCC2)s1. The van der Waals surface area contributed by atoms with Gasteiger partial charge in [0.15, 0.2) is 0 Å². The monoisotopic (exact) mass is 309 g/mol. The summed E-state index contributed by atoms with van der Waals surface area (Å²) in [4.78, 5) is 22.5. The number of amides is 1. The Balaban J connectivity index is 2.02. The first-order chi connectivity index (χ1) is 9.99. The minimum Gasteiger partial charge on any atom is -0.339 e. The number of hydrogen-bond donors (Lipinski definition) is 0. The van der Waals surface area contributed by atoms with E-state index in [1.54, 1.807) is 11.3 Å². The minimum absolute atomic E-state index is 0.0179. The lowest BCUT2D eigenvalue weighted by Crippen LogP contribution is -2.51. The lowest BCUT2D eigenvalue weighted by Gasteiger charge is -2.37. The van der Waals surface area contributed by atoms with Crippen molar-refractivity contribution in [2.24, 2.45) is 5.92 Å². The van der Waals surface area contributed by atoms with Gasteiger partial charge >= 0.3 is 0 Å². The van der Waals surface area contributed by atoms with Gasteiger partial charge < -0.3 is 4.90 Å². The second-order valence-electron chi connectivity index (χ2n) is 6.33. The summed E-state index contributed by atoms with van der Waals surface area (Å²) in [5, 5.41) is 1.06. The van der Waals surface area contributed by atoms with Gasteiger partial charge in [0.1, 0.15) is 0 Å². The van der Waals surface area contributed by atoms with Crippen LogP contribution < -0.4 is 0 Å². The molecule has 0 aromatic carbocycles. The third-order valence-corrected chi connectivity index (χ3v) is 5.00. The van der Waals surface area contributed by atoms with E-state index in [1.807, 2.05) is 25.1 Å². The molecule has 2 rings (SSSR count). The average Bonchev–Trinajstić information content (AvgIpc) is 2.85. The number of likely N-dealkylation sites (N-methyl/N-ethyl adjacent to an activating group) is 1. The highest BCUT2D eigenvalue weighted by Gasteiger charge is 2.31. The Morgan fingerprint density at radius 1 is 1.38 bits per heavy atom. The quantitative estimate of drug-likeness (QED) is 0.839. The van der Waals surface area contributed by atoms with E-state index in [2.05, 4.69) is 23.7 Å². The highest BCUT2D eigenvalue weighted by atomic mass is 32.1. The smallest absolute Gasteiger partial charge is 0.240 e. The summed E-state index contributed by atoms with van der Waals surface area (Å²) < 4.78 is 0. The van der Waals surface area contributed by atoms with Crippen molar-refractivity contribution in [2.75, 3.05) is 20.1 Å². The number of thiazole rings is 1. The van der Waals surface area contributed by atoms with Crippen LogP contribution in [0.15, 0.2) is 6.20 Å². The number of piperidine rings is 1. The highest BCUT2D eigenvalue weighted by Crippen LogP contribution is 2.21. The highest BCUT2D eigenvalue weighted by molar-refractivity contribution is 7.11. The lowest BCUT2D eigenvalue weighted by molar-refractivity contribution is -0.138. The van der Waals surface area contributed by atoms with Crippen LogP contribution in [0.5, 0.6) is 0 Å². The molecular weight excluding hydrogens is 282 g/mol. The van der Waals surface area contributed by atoms with E-state index >= 15 is 0 Å². The maximum absolute atomic E-state index is 12.9. The molecule has 1 aliphatic heterocycles. The maximum Gasteiger partial charge on any atom is 0.240 e. The van der Waals surface area contributed by atoms with Crippen molar-refractivity contribution in [3.05, 3.63) is 16.1 Å². The molecular formula is C16H27N3OS. The molecule has 1 atom stereocenters. The summed E-state index contributed by atoms with van der Waals surface area (Å²) in [6.45, 7) is 9.09. The van der Waals surface area contributed by atoms with Crippen LogP contribution in [-0.2, 0) is 11.3 Å². The number of carbonyl (C=O) groups excluding carboxylic acids is 1. The van der Waals surface area contributed by atoms with Crippen molar-refractivity contribution >= 4 is 17.2 Å². The van der Waals surface area contributed by atoms with Crippen molar-refractivity contribution < 1.29 is 4.79 Å². The Kier molecular flexibility index (Phi) is 5.76. The van der Waals surface area contributed by atoms with Crippen LogP contribution in [-0.4, -0.2) is 46.9 Å². The van der Waals surface area contributed by atoms with Crippen LogP contribution in [0.25, 0.3) is 0 Å². The summed E-state index contributed by atoms with van der Waals surface area (Å²) in [6.07, 6.45) is 5.61. The average molecular weight is 309 g/mol. The van der Waals surface area contributed by atoms with E-state index in [1.165, 1.54) is 19.3 Å². The number of aromatic nitrogens is 1. The zero-order valence-corrected chi connectivity index (χ0v) is 14.4. The molecule has 1 aromatic rings. The van der Waals surface area contributed by atoms with E-state index < -0.39 is 0 Å². The third-order valence-electron chi connectivity index (χ3n) is 4.11. The molecule has 0 bridgehead atoms. The molecule has 2 heterocycles. The summed E-state index contributed by atoms with van der Waals surface area (Å²) in [7, 11) is 1.91. The van der Waals surface area contributed by atoms with Gasteiger partial charge in [-0.1, -0.05) is 20.3 Å². The Hall–Kier alpha value is -0.940. The first kappa shape index (κ1) is 16.4. The van der Waals surface area contributed by atoms with Gasteiger partial charge in [0.05, 0.1) is 17.6 Å².